The number of hydrogen-bond donors (Lipinski definition) is 2. The van der Waals surface area contributed by atoms with Gasteiger partial charge in [0.2, 0.25) is 0 Å². The minimum absolute atomic E-state index is 0.251. The first kappa shape index (κ1) is 22.1. The Balaban J connectivity index is 1.20. The zero-order valence-corrected chi connectivity index (χ0v) is 19.5. The number of rotatable bonds is 5. The van der Waals surface area contributed by atoms with Crippen LogP contribution in [0.25, 0.3) is 0 Å². The van der Waals surface area contributed by atoms with Crippen molar-refractivity contribution < 1.29 is 29.2 Å². The molecule has 182 valence electrons. The lowest BCUT2D eigenvalue weighted by molar-refractivity contribution is -0.0553. The summed E-state index contributed by atoms with van der Waals surface area (Å²) >= 11 is 0. The Hall–Kier alpha value is -2.44. The summed E-state index contributed by atoms with van der Waals surface area (Å²) in [5, 5.41) is 22.7. The van der Waals surface area contributed by atoms with Gasteiger partial charge in [0.05, 0.1) is 37.6 Å². The molecule has 0 spiro atoms. The van der Waals surface area contributed by atoms with Crippen molar-refractivity contribution in [3.05, 3.63) is 47.5 Å². The normalized spacial score (nSPS) is 29.1. The molecule has 34 heavy (non-hydrogen) atoms. The molecule has 6 rings (SSSR count). The van der Waals surface area contributed by atoms with Gasteiger partial charge in [-0.25, -0.2) is 0 Å². The maximum Gasteiger partial charge on any atom is 0.125 e. The lowest BCUT2D eigenvalue weighted by Crippen LogP contribution is -2.40. The van der Waals surface area contributed by atoms with E-state index in [1.165, 1.54) is 25.7 Å². The van der Waals surface area contributed by atoms with Crippen LogP contribution in [0.4, 0.5) is 0 Å². The third-order valence-corrected chi connectivity index (χ3v) is 8.03. The lowest BCUT2D eigenvalue weighted by atomic mass is 9.77. The number of hydrogen-bond acceptors (Lipinski definition) is 6. The zero-order chi connectivity index (χ0) is 23.1. The Morgan fingerprint density at radius 2 is 1.03 bits per heavy atom. The van der Waals surface area contributed by atoms with E-state index in [9.17, 15) is 10.2 Å². The second-order valence-electron chi connectivity index (χ2n) is 10.3. The first-order valence-electron chi connectivity index (χ1n) is 12.9. The van der Waals surface area contributed by atoms with E-state index in [1.807, 2.05) is 36.4 Å². The molecule has 6 heteroatoms. The average molecular weight is 467 g/mol. The highest BCUT2D eigenvalue weighted by molar-refractivity contribution is 5.45. The standard InChI is InChI=1S/C28H34O6/c29-27-21-13-19(33-17-5-1-2-6-17)9-11-25(21)31-15-23(27)24-16-32-26-12-10-20(14-22(26)28(24)30)34-18-7-3-4-8-18/h9-14,17-18,23-24,27-30H,1-8,15-16H2. The summed E-state index contributed by atoms with van der Waals surface area (Å²) in [5.41, 5.74) is 1.45. The third kappa shape index (κ3) is 4.22. The number of ether oxygens (including phenoxy) is 4. The minimum atomic E-state index is -0.765. The van der Waals surface area contributed by atoms with Crippen molar-refractivity contribution >= 4 is 0 Å². The summed E-state index contributed by atoms with van der Waals surface area (Å²) in [6.45, 7) is 0.658. The van der Waals surface area contributed by atoms with E-state index in [0.717, 1.165) is 48.3 Å². The van der Waals surface area contributed by atoms with Gasteiger partial charge in [-0.2, -0.15) is 0 Å². The Kier molecular flexibility index (Phi) is 6.04. The van der Waals surface area contributed by atoms with Crippen LogP contribution in [0.1, 0.15) is 74.7 Å². The van der Waals surface area contributed by atoms with Crippen molar-refractivity contribution in [3.63, 3.8) is 0 Å². The molecular weight excluding hydrogens is 432 g/mol. The van der Waals surface area contributed by atoms with Crippen LogP contribution < -0.4 is 18.9 Å². The van der Waals surface area contributed by atoms with Crippen molar-refractivity contribution in [1.29, 1.82) is 0 Å². The maximum atomic E-state index is 11.3. The SMILES string of the molecule is OC1c2cc(OC3CCCC3)ccc2OCC1C1COc2ccc(OC3CCCC3)cc2C1O. The summed E-state index contributed by atoms with van der Waals surface area (Å²) < 4.78 is 24.4. The van der Waals surface area contributed by atoms with Gasteiger partial charge in [0, 0.05) is 23.0 Å². The molecule has 6 nitrogen and oxygen atoms in total. The molecule has 2 aromatic carbocycles. The summed E-state index contributed by atoms with van der Waals surface area (Å²) in [5.74, 6) is 2.32. The van der Waals surface area contributed by atoms with Crippen LogP contribution in [0.2, 0.25) is 0 Å². The molecule has 0 amide bonds. The quantitative estimate of drug-likeness (QED) is 0.637. The van der Waals surface area contributed by atoms with Gasteiger partial charge in [0.1, 0.15) is 23.0 Å². The molecule has 2 saturated carbocycles. The highest BCUT2D eigenvalue weighted by atomic mass is 16.5. The van der Waals surface area contributed by atoms with E-state index >= 15 is 0 Å². The van der Waals surface area contributed by atoms with E-state index in [2.05, 4.69) is 0 Å². The fraction of sp³-hybridized carbons (Fsp3) is 0.571. The summed E-state index contributed by atoms with van der Waals surface area (Å²) in [4.78, 5) is 0. The molecule has 0 radical (unpaired) electrons. The molecule has 0 saturated heterocycles. The fourth-order valence-electron chi connectivity index (χ4n) is 6.05. The van der Waals surface area contributed by atoms with E-state index in [0.29, 0.717) is 24.7 Å². The predicted molar refractivity (Wildman–Crippen MR) is 127 cm³/mol. The van der Waals surface area contributed by atoms with Gasteiger partial charge in [-0.3, -0.25) is 0 Å². The first-order chi connectivity index (χ1) is 16.7. The Morgan fingerprint density at radius 1 is 0.618 bits per heavy atom. The molecule has 4 unspecified atom stereocenters. The van der Waals surface area contributed by atoms with Gasteiger partial charge >= 0.3 is 0 Å². The van der Waals surface area contributed by atoms with E-state index < -0.39 is 12.2 Å². The van der Waals surface area contributed by atoms with Crippen molar-refractivity contribution in [3.8, 4) is 23.0 Å². The largest absolute Gasteiger partial charge is 0.493 e. The number of aliphatic hydroxyl groups is 2. The van der Waals surface area contributed by atoms with Gasteiger partial charge in [0.15, 0.2) is 0 Å². The minimum Gasteiger partial charge on any atom is -0.493 e. The highest BCUT2D eigenvalue weighted by Crippen LogP contribution is 2.47. The van der Waals surface area contributed by atoms with Crippen LogP contribution in [-0.4, -0.2) is 35.6 Å². The van der Waals surface area contributed by atoms with Gasteiger partial charge in [-0.05, 0) is 87.8 Å². The van der Waals surface area contributed by atoms with Crippen LogP contribution in [0.15, 0.2) is 36.4 Å². The average Bonchev–Trinajstić information content (AvgIpc) is 3.55. The van der Waals surface area contributed by atoms with Crippen molar-refractivity contribution in [2.75, 3.05) is 13.2 Å². The molecule has 2 fully saturated rings. The van der Waals surface area contributed by atoms with Crippen molar-refractivity contribution in [1.82, 2.24) is 0 Å². The van der Waals surface area contributed by atoms with Gasteiger partial charge in [-0.15, -0.1) is 0 Å². The molecule has 0 bridgehead atoms. The van der Waals surface area contributed by atoms with E-state index in [-0.39, 0.29) is 24.0 Å². The molecule has 2 heterocycles. The number of fused-ring (bicyclic) bond motifs is 2. The van der Waals surface area contributed by atoms with Gasteiger partial charge in [0.25, 0.3) is 0 Å². The number of aliphatic hydroxyl groups excluding tert-OH is 2. The smallest absolute Gasteiger partial charge is 0.125 e. The topological polar surface area (TPSA) is 77.4 Å². The maximum absolute atomic E-state index is 11.3. The zero-order valence-electron chi connectivity index (χ0n) is 19.5. The monoisotopic (exact) mass is 466 g/mol. The summed E-state index contributed by atoms with van der Waals surface area (Å²) in [6.07, 6.45) is 8.12. The molecule has 4 aliphatic rings. The first-order valence-corrected chi connectivity index (χ1v) is 12.9. The number of benzene rings is 2. The van der Waals surface area contributed by atoms with Crippen LogP contribution >= 0.6 is 0 Å². The Labute approximate surface area is 200 Å². The van der Waals surface area contributed by atoms with Crippen LogP contribution in [0.5, 0.6) is 23.0 Å². The predicted octanol–water partition coefficient (Wildman–Crippen LogP) is 5.11. The Morgan fingerprint density at radius 3 is 1.44 bits per heavy atom. The molecular formula is C28H34O6. The Bertz CT molecular complexity index is 928. The second kappa shape index (κ2) is 9.31. The van der Waals surface area contributed by atoms with Crippen LogP contribution in [0, 0.1) is 11.8 Å². The van der Waals surface area contributed by atoms with Crippen LogP contribution in [0.3, 0.4) is 0 Å². The summed E-state index contributed by atoms with van der Waals surface area (Å²) in [7, 11) is 0. The summed E-state index contributed by atoms with van der Waals surface area (Å²) in [6, 6.07) is 11.4. The second-order valence-corrected chi connectivity index (χ2v) is 10.3. The molecule has 2 N–H and O–H groups in total. The lowest BCUT2D eigenvalue weighted by Gasteiger charge is -2.40. The van der Waals surface area contributed by atoms with Crippen molar-refractivity contribution in [2.45, 2.75) is 75.8 Å². The van der Waals surface area contributed by atoms with Crippen molar-refractivity contribution in [2.24, 2.45) is 11.8 Å². The highest BCUT2D eigenvalue weighted by Gasteiger charge is 2.42. The van der Waals surface area contributed by atoms with Crippen LogP contribution in [-0.2, 0) is 0 Å². The van der Waals surface area contributed by atoms with Gasteiger partial charge in [-0.1, -0.05) is 0 Å². The molecule has 0 aromatic heterocycles. The van der Waals surface area contributed by atoms with E-state index in [4.69, 9.17) is 18.9 Å². The molecule has 2 aromatic rings. The molecule has 2 aliphatic heterocycles. The molecule has 4 atom stereocenters. The van der Waals surface area contributed by atoms with Gasteiger partial charge < -0.3 is 29.2 Å². The molecule has 2 aliphatic carbocycles. The van der Waals surface area contributed by atoms with E-state index in [1.54, 1.807) is 0 Å². The fourth-order valence-corrected chi connectivity index (χ4v) is 6.05. The third-order valence-electron chi connectivity index (χ3n) is 8.03.